The number of hydrogen-bond acceptors (Lipinski definition) is 6. The van der Waals surface area contributed by atoms with E-state index in [1.54, 1.807) is 24.3 Å². The Hall–Kier alpha value is -3.22. The fourth-order valence-corrected chi connectivity index (χ4v) is 1.73. The molecule has 0 saturated carbocycles. The van der Waals surface area contributed by atoms with E-state index in [1.807, 2.05) is 0 Å². The molecule has 0 atom stereocenters. The van der Waals surface area contributed by atoms with Gasteiger partial charge in [0.15, 0.2) is 5.71 Å². The van der Waals surface area contributed by atoms with E-state index in [0.29, 0.717) is 17.0 Å². The second-order valence-electron chi connectivity index (χ2n) is 4.42. The zero-order valence-corrected chi connectivity index (χ0v) is 12.2. The molecule has 0 saturated heterocycles. The number of halogens is 1. The van der Waals surface area contributed by atoms with Gasteiger partial charge in [0, 0.05) is 5.56 Å². The first-order valence-corrected chi connectivity index (χ1v) is 6.59. The van der Waals surface area contributed by atoms with Crippen LogP contribution in [-0.4, -0.2) is 30.0 Å². The van der Waals surface area contributed by atoms with Gasteiger partial charge in [-0.25, -0.2) is 4.39 Å². The van der Waals surface area contributed by atoms with Crippen LogP contribution in [0.2, 0.25) is 0 Å². The standard InChI is InChI=1S/C16H14FN3O3/c1-23-14-8-2-11(3-9-14)16(21)15(10-18-22)20-19-13-6-4-12(17)5-7-13/h2-10,19,22H,1H3/b18-10-,20-15-. The zero-order valence-electron chi connectivity index (χ0n) is 12.2. The molecule has 2 aromatic carbocycles. The van der Waals surface area contributed by atoms with Crippen LogP contribution < -0.4 is 10.2 Å². The molecule has 0 bridgehead atoms. The molecule has 118 valence electrons. The molecule has 2 aromatic rings. The van der Waals surface area contributed by atoms with Gasteiger partial charge in [-0.3, -0.25) is 10.2 Å². The van der Waals surface area contributed by atoms with Crippen LogP contribution >= 0.6 is 0 Å². The highest BCUT2D eigenvalue weighted by atomic mass is 19.1. The summed E-state index contributed by atoms with van der Waals surface area (Å²) in [5, 5.41) is 15.4. The van der Waals surface area contributed by atoms with E-state index in [0.717, 1.165) is 6.21 Å². The van der Waals surface area contributed by atoms with Crippen molar-refractivity contribution in [2.45, 2.75) is 0 Å². The van der Waals surface area contributed by atoms with Crippen LogP contribution in [-0.2, 0) is 0 Å². The summed E-state index contributed by atoms with van der Waals surface area (Å²) >= 11 is 0. The first kappa shape index (κ1) is 16.2. The van der Waals surface area contributed by atoms with Gasteiger partial charge in [0.25, 0.3) is 0 Å². The predicted octanol–water partition coefficient (Wildman–Crippen LogP) is 2.95. The minimum absolute atomic E-state index is 0.109. The summed E-state index contributed by atoms with van der Waals surface area (Å²) in [6, 6.07) is 11.8. The first-order chi connectivity index (χ1) is 11.1. The minimum atomic E-state index is -0.444. The molecule has 0 fully saturated rings. The molecule has 0 unspecified atom stereocenters. The predicted molar refractivity (Wildman–Crippen MR) is 85.1 cm³/mol. The van der Waals surface area contributed by atoms with Gasteiger partial charge < -0.3 is 9.94 Å². The highest BCUT2D eigenvalue weighted by molar-refractivity contribution is 6.64. The Labute approximate surface area is 131 Å². The maximum atomic E-state index is 12.8. The van der Waals surface area contributed by atoms with Crippen LogP contribution in [0.3, 0.4) is 0 Å². The van der Waals surface area contributed by atoms with Crippen molar-refractivity contribution in [3.8, 4) is 5.75 Å². The number of benzene rings is 2. The Morgan fingerprint density at radius 1 is 1.17 bits per heavy atom. The number of hydrogen-bond donors (Lipinski definition) is 2. The molecule has 2 N–H and O–H groups in total. The Balaban J connectivity index is 2.20. The van der Waals surface area contributed by atoms with Gasteiger partial charge in [-0.15, -0.1) is 0 Å². The van der Waals surface area contributed by atoms with Crippen LogP contribution in [0.5, 0.6) is 5.75 Å². The number of rotatable bonds is 6. The Bertz CT molecular complexity index is 725. The molecule has 0 aliphatic heterocycles. The van der Waals surface area contributed by atoms with Gasteiger partial charge in [-0.2, -0.15) is 5.10 Å². The van der Waals surface area contributed by atoms with E-state index >= 15 is 0 Å². The molecule has 0 amide bonds. The number of nitrogens with one attached hydrogen (secondary N) is 1. The summed E-state index contributed by atoms with van der Waals surface area (Å²) in [6.45, 7) is 0. The van der Waals surface area contributed by atoms with Crippen molar-refractivity contribution in [2.75, 3.05) is 12.5 Å². The molecule has 0 heterocycles. The van der Waals surface area contributed by atoms with E-state index in [4.69, 9.17) is 9.94 Å². The maximum Gasteiger partial charge on any atom is 0.214 e. The van der Waals surface area contributed by atoms with Crippen molar-refractivity contribution < 1.29 is 19.1 Å². The largest absolute Gasteiger partial charge is 0.497 e. The topological polar surface area (TPSA) is 83.3 Å². The van der Waals surface area contributed by atoms with Crippen molar-refractivity contribution in [1.29, 1.82) is 0 Å². The normalized spacial score (nSPS) is 11.5. The van der Waals surface area contributed by atoms with Crippen molar-refractivity contribution in [1.82, 2.24) is 0 Å². The summed E-state index contributed by atoms with van der Waals surface area (Å²) in [7, 11) is 1.52. The Morgan fingerprint density at radius 2 is 1.83 bits per heavy atom. The fraction of sp³-hybridized carbons (Fsp3) is 0.0625. The summed E-state index contributed by atoms with van der Waals surface area (Å²) in [6.07, 6.45) is 0.920. The second-order valence-corrected chi connectivity index (χ2v) is 4.42. The molecule has 23 heavy (non-hydrogen) atoms. The summed E-state index contributed by atoms with van der Waals surface area (Å²) in [5.41, 5.74) is 3.33. The molecular weight excluding hydrogens is 301 g/mol. The molecular formula is C16H14FN3O3. The number of oxime groups is 1. The van der Waals surface area contributed by atoms with Gasteiger partial charge in [-0.05, 0) is 48.5 Å². The van der Waals surface area contributed by atoms with Gasteiger partial charge in [0.1, 0.15) is 11.6 Å². The van der Waals surface area contributed by atoms with E-state index in [9.17, 15) is 9.18 Å². The molecule has 0 aliphatic rings. The third kappa shape index (κ3) is 4.37. The average Bonchev–Trinajstić information content (AvgIpc) is 2.59. The van der Waals surface area contributed by atoms with E-state index in [1.165, 1.54) is 31.4 Å². The highest BCUT2D eigenvalue weighted by Gasteiger charge is 2.13. The molecule has 0 aliphatic carbocycles. The molecule has 0 radical (unpaired) electrons. The number of anilines is 1. The van der Waals surface area contributed by atoms with E-state index in [-0.39, 0.29) is 11.5 Å². The maximum absolute atomic E-state index is 12.8. The number of nitrogens with zero attached hydrogens (tertiary/aromatic N) is 2. The lowest BCUT2D eigenvalue weighted by atomic mass is 10.1. The number of hydrazone groups is 1. The lowest BCUT2D eigenvalue weighted by Gasteiger charge is -2.04. The number of ketones is 1. The van der Waals surface area contributed by atoms with Gasteiger partial charge in [0.2, 0.25) is 5.78 Å². The van der Waals surface area contributed by atoms with Crippen LogP contribution in [0, 0.1) is 5.82 Å². The quantitative estimate of drug-likeness (QED) is 0.371. The first-order valence-electron chi connectivity index (χ1n) is 6.59. The van der Waals surface area contributed by atoms with Crippen molar-refractivity contribution in [2.24, 2.45) is 10.3 Å². The van der Waals surface area contributed by atoms with Gasteiger partial charge in [-0.1, -0.05) is 5.16 Å². The van der Waals surface area contributed by atoms with Crippen LogP contribution in [0.1, 0.15) is 10.4 Å². The number of carbonyl (C=O) groups excluding carboxylic acids is 1. The monoisotopic (exact) mass is 315 g/mol. The summed E-state index contributed by atoms with van der Waals surface area (Å²) in [5.74, 6) is -0.216. The Morgan fingerprint density at radius 3 is 2.39 bits per heavy atom. The Kier molecular flexibility index (Phi) is 5.40. The number of Topliss-reactive ketones (excluding diaryl/α,β-unsaturated/α-hetero) is 1. The van der Waals surface area contributed by atoms with Gasteiger partial charge >= 0.3 is 0 Å². The third-order valence-electron chi connectivity index (χ3n) is 2.91. The number of methoxy groups -OCH3 is 1. The van der Waals surface area contributed by atoms with Crippen molar-refractivity contribution in [3.05, 3.63) is 59.9 Å². The van der Waals surface area contributed by atoms with Crippen molar-refractivity contribution >= 4 is 23.4 Å². The number of ether oxygens (including phenoxy) is 1. The smallest absolute Gasteiger partial charge is 0.214 e. The fourth-order valence-electron chi connectivity index (χ4n) is 1.73. The molecule has 6 nitrogen and oxygen atoms in total. The average molecular weight is 315 g/mol. The van der Waals surface area contributed by atoms with E-state index < -0.39 is 5.78 Å². The lowest BCUT2D eigenvalue weighted by molar-refractivity contribution is 0.106. The van der Waals surface area contributed by atoms with Crippen molar-refractivity contribution in [3.63, 3.8) is 0 Å². The summed E-state index contributed by atoms with van der Waals surface area (Å²) < 4.78 is 17.9. The third-order valence-corrected chi connectivity index (χ3v) is 2.91. The SMILES string of the molecule is COc1ccc(C(=O)C(/C=N\O)=N\Nc2ccc(F)cc2)cc1. The second kappa shape index (κ2) is 7.69. The van der Waals surface area contributed by atoms with Crippen LogP contribution in [0.15, 0.2) is 58.8 Å². The lowest BCUT2D eigenvalue weighted by Crippen LogP contribution is -2.17. The minimum Gasteiger partial charge on any atom is -0.497 e. The molecule has 0 spiro atoms. The van der Waals surface area contributed by atoms with Crippen LogP contribution in [0.25, 0.3) is 0 Å². The zero-order chi connectivity index (χ0) is 16.7. The molecule has 7 heteroatoms. The molecule has 2 rings (SSSR count). The highest BCUT2D eigenvalue weighted by Crippen LogP contribution is 2.13. The number of carbonyl (C=O) groups is 1. The van der Waals surface area contributed by atoms with Crippen LogP contribution in [0.4, 0.5) is 10.1 Å². The van der Waals surface area contributed by atoms with Gasteiger partial charge in [0.05, 0.1) is 19.0 Å². The van der Waals surface area contributed by atoms with E-state index in [2.05, 4.69) is 15.7 Å². The molecule has 0 aromatic heterocycles. The summed E-state index contributed by atoms with van der Waals surface area (Å²) in [4.78, 5) is 12.3.